The van der Waals surface area contributed by atoms with E-state index in [-0.39, 0.29) is 10.6 Å². The molecule has 1 spiro atoms. The van der Waals surface area contributed by atoms with Crippen LogP contribution in [0.5, 0.6) is 0 Å². The van der Waals surface area contributed by atoms with Gasteiger partial charge in [0.2, 0.25) is 15.0 Å². The van der Waals surface area contributed by atoms with Crippen molar-refractivity contribution in [1.82, 2.24) is 15.0 Å². The van der Waals surface area contributed by atoms with Crippen molar-refractivity contribution in [3.63, 3.8) is 0 Å². The van der Waals surface area contributed by atoms with Gasteiger partial charge in [-0.15, -0.1) is 0 Å². The van der Waals surface area contributed by atoms with Crippen LogP contribution in [0.2, 0.25) is 0 Å². The second-order valence-corrected chi connectivity index (χ2v) is 8.07. The third-order valence-electron chi connectivity index (χ3n) is 4.34. The summed E-state index contributed by atoms with van der Waals surface area (Å²) in [5.41, 5.74) is 0.825. The van der Waals surface area contributed by atoms with Crippen molar-refractivity contribution in [2.45, 2.75) is 11.6 Å². The van der Waals surface area contributed by atoms with E-state index in [0.29, 0.717) is 5.52 Å². The van der Waals surface area contributed by atoms with E-state index in [0.717, 1.165) is 50.2 Å². The quantitative estimate of drug-likeness (QED) is 0.751. The number of hydrogen-bond donors (Lipinski definition) is 0. The molecule has 116 valence electrons. The molecule has 4 rings (SSSR count). The van der Waals surface area contributed by atoms with E-state index in [2.05, 4.69) is 19.9 Å². The fourth-order valence-electron chi connectivity index (χ4n) is 3.08. The van der Waals surface area contributed by atoms with Crippen LogP contribution in [0.4, 0.5) is 5.82 Å². The fraction of sp³-hybridized carbons (Fsp3) is 0.500. The van der Waals surface area contributed by atoms with Crippen LogP contribution in [0, 0.1) is 5.41 Å². The van der Waals surface area contributed by atoms with Gasteiger partial charge in [0.1, 0.15) is 5.52 Å². The zero-order valence-corrected chi connectivity index (χ0v) is 13.0. The average Bonchev–Trinajstić information content (AvgIpc) is 2.90. The van der Waals surface area contributed by atoms with Gasteiger partial charge in [0.25, 0.3) is 0 Å². The molecular weight excluding hydrogens is 304 g/mol. The molecule has 2 fully saturated rings. The van der Waals surface area contributed by atoms with Crippen LogP contribution in [0.25, 0.3) is 10.9 Å². The maximum absolute atomic E-state index is 11.7. The summed E-state index contributed by atoms with van der Waals surface area (Å²) in [4.78, 5) is 14.8. The molecule has 8 heteroatoms. The Balaban J connectivity index is 1.80. The fourth-order valence-corrected chi connectivity index (χ4v) is 3.58. The van der Waals surface area contributed by atoms with Crippen LogP contribution in [0.3, 0.4) is 0 Å². The summed E-state index contributed by atoms with van der Waals surface area (Å²) in [7, 11) is -3.44. The summed E-state index contributed by atoms with van der Waals surface area (Å²) in [6, 6.07) is 1.79. The normalized spacial score (nSPS) is 20.5. The Bertz CT molecular complexity index is 848. The van der Waals surface area contributed by atoms with Gasteiger partial charge in [-0.1, -0.05) is 0 Å². The molecule has 0 bridgehead atoms. The van der Waals surface area contributed by atoms with Crippen molar-refractivity contribution >= 4 is 26.6 Å². The number of pyridine rings is 1. The monoisotopic (exact) mass is 320 g/mol. The van der Waals surface area contributed by atoms with Crippen LogP contribution in [-0.4, -0.2) is 55.9 Å². The maximum Gasteiger partial charge on any atom is 0.247 e. The van der Waals surface area contributed by atoms with Crippen molar-refractivity contribution < 1.29 is 13.2 Å². The number of aromatic nitrogens is 3. The molecule has 0 N–H and O–H groups in total. The number of sulfone groups is 1. The summed E-state index contributed by atoms with van der Waals surface area (Å²) in [6.45, 7) is 3.33. The van der Waals surface area contributed by atoms with Gasteiger partial charge in [-0.2, -0.15) is 0 Å². The SMILES string of the molecule is CS(=O)(=O)c1ncc2ccnc(N3CCC4(COC4)C3)c2n1. The highest BCUT2D eigenvalue weighted by atomic mass is 32.2. The van der Waals surface area contributed by atoms with Gasteiger partial charge in [-0.3, -0.25) is 0 Å². The number of anilines is 1. The Hall–Kier alpha value is -1.80. The summed E-state index contributed by atoms with van der Waals surface area (Å²) in [5.74, 6) is 0.730. The van der Waals surface area contributed by atoms with Crippen molar-refractivity contribution in [2.24, 2.45) is 5.41 Å². The molecule has 0 saturated carbocycles. The Labute approximate surface area is 128 Å². The second kappa shape index (κ2) is 4.60. The summed E-state index contributed by atoms with van der Waals surface area (Å²) in [5, 5.41) is 0.637. The molecule has 7 nitrogen and oxygen atoms in total. The van der Waals surface area contributed by atoms with E-state index < -0.39 is 9.84 Å². The van der Waals surface area contributed by atoms with Crippen molar-refractivity contribution in [3.05, 3.63) is 18.5 Å². The predicted octanol–water partition coefficient (Wildman–Crippen LogP) is 0.655. The van der Waals surface area contributed by atoms with Gasteiger partial charge < -0.3 is 9.64 Å². The summed E-state index contributed by atoms with van der Waals surface area (Å²) in [6.07, 6.45) is 5.43. The first kappa shape index (κ1) is 13.8. The molecule has 0 unspecified atom stereocenters. The zero-order valence-electron chi connectivity index (χ0n) is 12.2. The van der Waals surface area contributed by atoms with Gasteiger partial charge in [0.05, 0.1) is 13.2 Å². The Morgan fingerprint density at radius 3 is 2.77 bits per heavy atom. The van der Waals surface area contributed by atoms with Crippen molar-refractivity contribution in [1.29, 1.82) is 0 Å². The largest absolute Gasteiger partial charge is 0.380 e. The van der Waals surface area contributed by atoms with E-state index in [4.69, 9.17) is 4.74 Å². The van der Waals surface area contributed by atoms with E-state index >= 15 is 0 Å². The molecule has 22 heavy (non-hydrogen) atoms. The number of ether oxygens (including phenoxy) is 1. The molecule has 0 amide bonds. The average molecular weight is 320 g/mol. The van der Waals surface area contributed by atoms with Crippen LogP contribution in [0.15, 0.2) is 23.6 Å². The smallest absolute Gasteiger partial charge is 0.247 e. The highest BCUT2D eigenvalue weighted by molar-refractivity contribution is 7.90. The highest BCUT2D eigenvalue weighted by Gasteiger charge is 2.45. The predicted molar refractivity (Wildman–Crippen MR) is 80.5 cm³/mol. The minimum atomic E-state index is -3.44. The van der Waals surface area contributed by atoms with Crippen molar-refractivity contribution in [2.75, 3.05) is 37.5 Å². The number of nitrogens with zero attached hydrogens (tertiary/aromatic N) is 4. The first-order valence-corrected chi connectivity index (χ1v) is 9.01. The Morgan fingerprint density at radius 2 is 2.14 bits per heavy atom. The van der Waals surface area contributed by atoms with Crippen LogP contribution < -0.4 is 4.90 Å². The number of fused-ring (bicyclic) bond motifs is 1. The topological polar surface area (TPSA) is 85.3 Å². The van der Waals surface area contributed by atoms with Gasteiger partial charge in [-0.25, -0.2) is 23.4 Å². The summed E-state index contributed by atoms with van der Waals surface area (Å²) < 4.78 is 28.7. The molecule has 2 aliphatic heterocycles. The van der Waals surface area contributed by atoms with E-state index in [1.54, 1.807) is 18.5 Å². The molecule has 0 aliphatic carbocycles. The Kier molecular flexibility index (Phi) is 2.89. The molecule has 2 aliphatic rings. The standard InChI is InChI=1S/C14H16N4O3S/c1-22(19,20)13-16-6-10-2-4-15-12(11(10)17-13)18-5-3-14(7-18)8-21-9-14/h2,4,6H,3,5,7-9H2,1H3. The first-order valence-electron chi connectivity index (χ1n) is 7.11. The first-order chi connectivity index (χ1) is 10.5. The molecule has 4 heterocycles. The van der Waals surface area contributed by atoms with E-state index in [1.165, 1.54) is 0 Å². The zero-order chi connectivity index (χ0) is 15.4. The minimum absolute atomic E-state index is 0.157. The molecule has 2 aromatic rings. The number of rotatable bonds is 2. The van der Waals surface area contributed by atoms with Gasteiger partial charge in [-0.05, 0) is 12.5 Å². The van der Waals surface area contributed by atoms with Crippen LogP contribution in [-0.2, 0) is 14.6 Å². The molecule has 0 atom stereocenters. The lowest BCUT2D eigenvalue weighted by molar-refractivity contribution is -0.0985. The third kappa shape index (κ3) is 2.14. The lowest BCUT2D eigenvalue weighted by atomic mass is 9.85. The molecule has 0 radical (unpaired) electrons. The third-order valence-corrected chi connectivity index (χ3v) is 5.20. The van der Waals surface area contributed by atoms with Crippen molar-refractivity contribution in [3.8, 4) is 0 Å². The molecule has 2 aromatic heterocycles. The molecule has 2 saturated heterocycles. The van der Waals surface area contributed by atoms with E-state index in [1.807, 2.05) is 0 Å². The second-order valence-electron chi connectivity index (χ2n) is 6.16. The lowest BCUT2D eigenvalue weighted by Gasteiger charge is -2.37. The van der Waals surface area contributed by atoms with Gasteiger partial charge in [0, 0.05) is 42.5 Å². The summed E-state index contributed by atoms with van der Waals surface area (Å²) >= 11 is 0. The molecule has 0 aromatic carbocycles. The maximum atomic E-state index is 11.7. The van der Waals surface area contributed by atoms with Crippen LogP contribution in [0.1, 0.15) is 6.42 Å². The van der Waals surface area contributed by atoms with E-state index in [9.17, 15) is 8.42 Å². The van der Waals surface area contributed by atoms with Crippen LogP contribution >= 0.6 is 0 Å². The molecular formula is C14H16N4O3S. The Morgan fingerprint density at radius 1 is 1.32 bits per heavy atom. The van der Waals surface area contributed by atoms with Gasteiger partial charge in [0.15, 0.2) is 5.82 Å². The highest BCUT2D eigenvalue weighted by Crippen LogP contribution is 2.40. The van der Waals surface area contributed by atoms with Gasteiger partial charge >= 0.3 is 0 Å². The minimum Gasteiger partial charge on any atom is -0.380 e. The number of hydrogen-bond acceptors (Lipinski definition) is 7. The lowest BCUT2D eigenvalue weighted by Crippen LogP contribution is -2.44.